The molecule has 12 rings (SSSR count). The van der Waals surface area contributed by atoms with Crippen LogP contribution < -0.4 is 0 Å². The van der Waals surface area contributed by atoms with Crippen molar-refractivity contribution in [1.29, 1.82) is 0 Å². The first-order valence-corrected chi connectivity index (χ1v) is 19.1. The van der Waals surface area contributed by atoms with E-state index in [0.29, 0.717) is 17.6 Å². The fraction of sp³-hybridized carbons (Fsp3) is 0. The molecule has 57 heavy (non-hydrogen) atoms. The Morgan fingerprint density at radius 1 is 0.316 bits per heavy atom. The van der Waals surface area contributed by atoms with Crippen LogP contribution in [0.15, 0.2) is 192 Å². The number of para-hydroxylation sites is 3. The molecule has 266 valence electrons. The van der Waals surface area contributed by atoms with E-state index in [1.54, 1.807) is 0 Å². The molecule has 0 spiro atoms. The summed E-state index contributed by atoms with van der Waals surface area (Å²) in [5.41, 5.74) is 11.1. The highest BCUT2D eigenvalue weighted by Gasteiger charge is 2.21. The van der Waals surface area contributed by atoms with Crippen molar-refractivity contribution in [3.8, 4) is 45.5 Å². The molecule has 0 unspecified atom stereocenters. The van der Waals surface area contributed by atoms with Gasteiger partial charge in [-0.2, -0.15) is 9.97 Å². The van der Waals surface area contributed by atoms with E-state index in [2.05, 4.69) is 167 Å². The highest BCUT2D eigenvalue weighted by atomic mass is 16.3. The van der Waals surface area contributed by atoms with Crippen molar-refractivity contribution in [3.05, 3.63) is 188 Å². The van der Waals surface area contributed by atoms with Gasteiger partial charge in [0.05, 0.1) is 22.1 Å². The predicted octanol–water partition coefficient (Wildman–Crippen LogP) is 13.0. The quantitative estimate of drug-likeness (QED) is 0.177. The van der Waals surface area contributed by atoms with Crippen molar-refractivity contribution in [3.63, 3.8) is 0 Å². The minimum Gasteiger partial charge on any atom is -0.456 e. The average Bonchev–Trinajstić information content (AvgIpc) is 3.93. The summed E-state index contributed by atoms with van der Waals surface area (Å²) in [6.07, 6.45) is 0. The van der Waals surface area contributed by atoms with E-state index in [-0.39, 0.29) is 0 Å². The van der Waals surface area contributed by atoms with Crippen molar-refractivity contribution >= 4 is 65.6 Å². The molecular formula is C51H31N5O. The van der Waals surface area contributed by atoms with E-state index in [4.69, 9.17) is 19.4 Å². The summed E-state index contributed by atoms with van der Waals surface area (Å²) in [4.78, 5) is 15.7. The number of hydrogen-bond donors (Lipinski definition) is 0. The molecule has 0 aliphatic heterocycles. The molecule has 0 amide bonds. The Morgan fingerprint density at radius 2 is 0.877 bits per heavy atom. The number of furan rings is 1. The first-order valence-electron chi connectivity index (χ1n) is 19.1. The normalized spacial score (nSPS) is 11.9. The molecule has 0 saturated heterocycles. The van der Waals surface area contributed by atoms with Crippen molar-refractivity contribution in [2.24, 2.45) is 0 Å². The lowest BCUT2D eigenvalue weighted by molar-refractivity contribution is 0.669. The average molecular weight is 730 g/mol. The third kappa shape index (κ3) is 4.94. The van der Waals surface area contributed by atoms with Gasteiger partial charge in [0.25, 0.3) is 0 Å². The molecule has 0 aliphatic carbocycles. The van der Waals surface area contributed by atoms with Crippen LogP contribution in [0.4, 0.5) is 0 Å². The number of hydrogen-bond acceptors (Lipinski definition) is 4. The molecule has 4 heterocycles. The number of aromatic nitrogens is 5. The summed E-state index contributed by atoms with van der Waals surface area (Å²) in [6, 6.07) is 65.6. The molecule has 0 fully saturated rings. The fourth-order valence-electron chi connectivity index (χ4n) is 8.54. The molecule has 0 radical (unpaired) electrons. The van der Waals surface area contributed by atoms with Crippen LogP contribution >= 0.6 is 0 Å². The second-order valence-electron chi connectivity index (χ2n) is 14.5. The third-order valence-corrected chi connectivity index (χ3v) is 11.2. The van der Waals surface area contributed by atoms with E-state index >= 15 is 0 Å². The van der Waals surface area contributed by atoms with Crippen molar-refractivity contribution in [2.45, 2.75) is 0 Å². The summed E-state index contributed by atoms with van der Waals surface area (Å²) in [7, 11) is 0. The minimum atomic E-state index is 0.536. The van der Waals surface area contributed by atoms with Crippen LogP contribution in [0.3, 0.4) is 0 Å². The molecule has 12 aromatic rings. The minimum absolute atomic E-state index is 0.536. The van der Waals surface area contributed by atoms with Gasteiger partial charge in [-0.1, -0.05) is 121 Å². The van der Waals surface area contributed by atoms with Gasteiger partial charge in [0.1, 0.15) is 11.2 Å². The molecule has 4 aromatic heterocycles. The molecule has 0 atom stereocenters. The third-order valence-electron chi connectivity index (χ3n) is 11.2. The van der Waals surface area contributed by atoms with Crippen LogP contribution in [0.25, 0.3) is 111 Å². The first-order chi connectivity index (χ1) is 28.2. The molecule has 0 bridgehead atoms. The number of fused-ring (bicyclic) bond motifs is 9. The number of benzene rings is 8. The smallest absolute Gasteiger partial charge is 0.238 e. The van der Waals surface area contributed by atoms with Crippen LogP contribution in [0.2, 0.25) is 0 Å². The van der Waals surface area contributed by atoms with Gasteiger partial charge in [0.2, 0.25) is 5.95 Å². The lowest BCUT2D eigenvalue weighted by Gasteiger charge is -2.11. The van der Waals surface area contributed by atoms with Gasteiger partial charge < -0.3 is 8.98 Å². The molecule has 0 aliphatic rings. The Bertz CT molecular complexity index is 3510. The van der Waals surface area contributed by atoms with Crippen LogP contribution in [-0.4, -0.2) is 24.1 Å². The van der Waals surface area contributed by atoms with Crippen LogP contribution in [0.1, 0.15) is 0 Å². The molecule has 0 saturated carbocycles. The molecule has 8 aromatic carbocycles. The van der Waals surface area contributed by atoms with Gasteiger partial charge in [0, 0.05) is 55.2 Å². The monoisotopic (exact) mass is 729 g/mol. The van der Waals surface area contributed by atoms with E-state index in [1.165, 1.54) is 5.39 Å². The van der Waals surface area contributed by atoms with E-state index in [9.17, 15) is 0 Å². The topological polar surface area (TPSA) is 61.7 Å². The van der Waals surface area contributed by atoms with Gasteiger partial charge in [-0.25, -0.2) is 4.98 Å². The Kier molecular flexibility index (Phi) is 6.83. The largest absolute Gasteiger partial charge is 0.456 e. The second kappa shape index (κ2) is 12.3. The summed E-state index contributed by atoms with van der Waals surface area (Å²) in [5.74, 6) is 1.73. The van der Waals surface area contributed by atoms with E-state index in [0.717, 1.165) is 88.1 Å². The number of nitrogens with zero attached hydrogens (tertiary/aromatic N) is 5. The highest BCUT2D eigenvalue weighted by molar-refractivity contribution is 6.18. The van der Waals surface area contributed by atoms with Gasteiger partial charge >= 0.3 is 0 Å². The van der Waals surface area contributed by atoms with Crippen LogP contribution in [-0.2, 0) is 0 Å². The van der Waals surface area contributed by atoms with E-state index in [1.807, 2.05) is 30.3 Å². The van der Waals surface area contributed by atoms with Crippen LogP contribution in [0.5, 0.6) is 0 Å². The SMILES string of the molecule is c1ccc(-c2ccc3c(c2)c2cc4c(cc2n3-c2nc(-c3ccccc3)nc(-c3ccc5c(c3)c3ccccc3n5-c3ccccc3)n2)oc2ccccc24)cc1. The summed E-state index contributed by atoms with van der Waals surface area (Å²) in [5, 5.41) is 6.67. The van der Waals surface area contributed by atoms with E-state index < -0.39 is 0 Å². The zero-order valence-corrected chi connectivity index (χ0v) is 30.5. The molecular weight excluding hydrogens is 699 g/mol. The van der Waals surface area contributed by atoms with Crippen molar-refractivity contribution in [1.82, 2.24) is 24.1 Å². The van der Waals surface area contributed by atoms with Crippen molar-refractivity contribution < 1.29 is 4.42 Å². The first kappa shape index (κ1) is 31.5. The summed E-state index contributed by atoms with van der Waals surface area (Å²) in [6.45, 7) is 0. The van der Waals surface area contributed by atoms with Gasteiger partial charge in [0.15, 0.2) is 11.6 Å². The second-order valence-corrected chi connectivity index (χ2v) is 14.5. The predicted molar refractivity (Wildman–Crippen MR) is 232 cm³/mol. The van der Waals surface area contributed by atoms with Gasteiger partial charge in [-0.3, -0.25) is 4.57 Å². The Hall–Kier alpha value is -7.83. The number of rotatable bonds is 5. The zero-order chi connectivity index (χ0) is 37.5. The lowest BCUT2D eigenvalue weighted by Crippen LogP contribution is -2.06. The Labute approximate surface area is 326 Å². The summed E-state index contributed by atoms with van der Waals surface area (Å²) >= 11 is 0. The zero-order valence-electron chi connectivity index (χ0n) is 30.5. The molecule has 0 N–H and O–H groups in total. The van der Waals surface area contributed by atoms with Gasteiger partial charge in [-0.05, 0) is 71.8 Å². The maximum atomic E-state index is 6.47. The fourth-order valence-corrected chi connectivity index (χ4v) is 8.54. The highest BCUT2D eigenvalue weighted by Crippen LogP contribution is 2.40. The lowest BCUT2D eigenvalue weighted by atomic mass is 10.0. The summed E-state index contributed by atoms with van der Waals surface area (Å²) < 4.78 is 11.0. The molecule has 6 nitrogen and oxygen atoms in total. The Morgan fingerprint density at radius 3 is 1.67 bits per heavy atom. The maximum absolute atomic E-state index is 6.47. The molecule has 6 heteroatoms. The Balaban J connectivity index is 1.14. The van der Waals surface area contributed by atoms with Crippen molar-refractivity contribution in [2.75, 3.05) is 0 Å². The van der Waals surface area contributed by atoms with Crippen LogP contribution in [0, 0.1) is 0 Å². The maximum Gasteiger partial charge on any atom is 0.238 e. The standard InChI is InChI=1S/C51H31N5O/c1-4-14-32(15-5-1)34-24-26-45-40(28-34)41-30-42-38-21-11-13-23-47(38)57-48(42)31-46(41)56(45)51-53-49(33-16-6-2-7-17-33)52-50(54-51)35-25-27-44-39(29-35)37-20-10-12-22-43(37)55(44)36-18-8-3-9-19-36/h1-31H. The van der Waals surface area contributed by atoms with Gasteiger partial charge in [-0.15, -0.1) is 0 Å².